The molecule has 2 nitrogen and oxygen atoms in total. The molecule has 1 fully saturated rings. The van der Waals surface area contributed by atoms with Gasteiger partial charge >= 0.3 is 0 Å². The number of aryl methyl sites for hydroxylation is 1. The number of piperazine rings is 1. The third-order valence-corrected chi connectivity index (χ3v) is 4.61. The maximum atomic E-state index is 2.51. The molecule has 3 rings (SSSR count). The zero-order valence-corrected chi connectivity index (χ0v) is 13.3. The Morgan fingerprint density at radius 1 is 0.857 bits per heavy atom. The Morgan fingerprint density at radius 3 is 2.19 bits per heavy atom. The predicted molar refractivity (Wildman–Crippen MR) is 91.1 cm³/mol. The molecule has 0 aliphatic carbocycles. The van der Waals surface area contributed by atoms with Crippen LogP contribution in [0.1, 0.15) is 11.1 Å². The lowest BCUT2D eigenvalue weighted by atomic mass is 9.95. The van der Waals surface area contributed by atoms with Gasteiger partial charge in [0.25, 0.3) is 0 Å². The number of anilines is 1. The quantitative estimate of drug-likeness (QED) is 0.827. The molecule has 110 valence electrons. The van der Waals surface area contributed by atoms with Crippen LogP contribution in [0.4, 0.5) is 5.69 Å². The van der Waals surface area contributed by atoms with Crippen molar-refractivity contribution in [2.24, 2.45) is 0 Å². The number of likely N-dealkylation sites (N-methyl/N-ethyl adjacent to an activating group) is 1. The average Bonchev–Trinajstić information content (AvgIpc) is 2.51. The van der Waals surface area contributed by atoms with Crippen molar-refractivity contribution in [3.05, 3.63) is 53.6 Å². The van der Waals surface area contributed by atoms with Crippen molar-refractivity contribution in [3.63, 3.8) is 0 Å². The first-order chi connectivity index (χ1) is 10.1. The summed E-state index contributed by atoms with van der Waals surface area (Å²) in [6.45, 7) is 8.98. The first-order valence-electron chi connectivity index (χ1n) is 7.75. The largest absolute Gasteiger partial charge is 0.369 e. The zero-order chi connectivity index (χ0) is 14.8. The molecule has 2 aromatic rings. The van der Waals surface area contributed by atoms with Gasteiger partial charge in [0.15, 0.2) is 0 Å². The van der Waals surface area contributed by atoms with Gasteiger partial charge in [-0.3, -0.25) is 0 Å². The van der Waals surface area contributed by atoms with Crippen LogP contribution in [0.2, 0.25) is 0 Å². The molecular formula is C19H24N2. The minimum Gasteiger partial charge on any atom is -0.369 e. The summed E-state index contributed by atoms with van der Waals surface area (Å²) in [6.07, 6.45) is 0. The number of rotatable bonds is 2. The second kappa shape index (κ2) is 5.90. The molecule has 1 heterocycles. The molecule has 0 radical (unpaired) electrons. The first-order valence-corrected chi connectivity index (χ1v) is 7.75. The SMILES string of the molecule is Cc1cc(N2CCN(C)CC2)cc(-c2ccccc2)c1C. The van der Waals surface area contributed by atoms with Crippen LogP contribution < -0.4 is 4.90 Å². The molecule has 0 amide bonds. The maximum absolute atomic E-state index is 2.51. The lowest BCUT2D eigenvalue weighted by Gasteiger charge is -2.34. The normalized spacial score (nSPS) is 16.2. The monoisotopic (exact) mass is 280 g/mol. The van der Waals surface area contributed by atoms with E-state index in [1.54, 1.807) is 0 Å². The highest BCUT2D eigenvalue weighted by Gasteiger charge is 2.16. The van der Waals surface area contributed by atoms with Gasteiger partial charge in [0, 0.05) is 31.9 Å². The number of hydrogen-bond donors (Lipinski definition) is 0. The molecule has 1 aliphatic rings. The van der Waals surface area contributed by atoms with Crippen molar-refractivity contribution >= 4 is 5.69 Å². The Labute approximate surface area is 128 Å². The van der Waals surface area contributed by atoms with Crippen LogP contribution in [0.3, 0.4) is 0 Å². The molecular weight excluding hydrogens is 256 g/mol. The molecule has 0 N–H and O–H groups in total. The molecule has 0 bridgehead atoms. The van der Waals surface area contributed by atoms with Crippen LogP contribution in [-0.4, -0.2) is 38.1 Å². The summed E-state index contributed by atoms with van der Waals surface area (Å²) in [4.78, 5) is 4.91. The summed E-state index contributed by atoms with van der Waals surface area (Å²) < 4.78 is 0. The van der Waals surface area contributed by atoms with Gasteiger partial charge in [0.05, 0.1) is 0 Å². The molecule has 0 spiro atoms. The highest BCUT2D eigenvalue weighted by molar-refractivity contribution is 5.73. The predicted octanol–water partition coefficient (Wildman–Crippen LogP) is 3.72. The summed E-state index contributed by atoms with van der Waals surface area (Å²) >= 11 is 0. The second-order valence-electron chi connectivity index (χ2n) is 6.09. The van der Waals surface area contributed by atoms with Gasteiger partial charge in [-0.2, -0.15) is 0 Å². The third-order valence-electron chi connectivity index (χ3n) is 4.61. The second-order valence-corrected chi connectivity index (χ2v) is 6.09. The first kappa shape index (κ1) is 14.2. The van der Waals surface area contributed by atoms with E-state index in [1.807, 2.05) is 0 Å². The molecule has 2 heteroatoms. The van der Waals surface area contributed by atoms with Gasteiger partial charge in [-0.1, -0.05) is 30.3 Å². The zero-order valence-electron chi connectivity index (χ0n) is 13.3. The van der Waals surface area contributed by atoms with E-state index < -0.39 is 0 Å². The summed E-state index contributed by atoms with van der Waals surface area (Å²) in [5, 5.41) is 0. The van der Waals surface area contributed by atoms with E-state index in [0.29, 0.717) is 0 Å². The highest BCUT2D eigenvalue weighted by atomic mass is 15.2. The van der Waals surface area contributed by atoms with Crippen LogP contribution in [0.15, 0.2) is 42.5 Å². The number of benzene rings is 2. The fraction of sp³-hybridized carbons (Fsp3) is 0.368. The van der Waals surface area contributed by atoms with Crippen molar-refractivity contribution in [1.82, 2.24) is 4.90 Å². The molecule has 0 unspecified atom stereocenters. The van der Waals surface area contributed by atoms with E-state index in [0.717, 1.165) is 26.2 Å². The summed E-state index contributed by atoms with van der Waals surface area (Å²) in [5.74, 6) is 0. The molecule has 0 aromatic heterocycles. The Morgan fingerprint density at radius 2 is 1.52 bits per heavy atom. The van der Waals surface area contributed by atoms with Crippen molar-refractivity contribution in [2.45, 2.75) is 13.8 Å². The van der Waals surface area contributed by atoms with Crippen LogP contribution in [0, 0.1) is 13.8 Å². The molecule has 2 aromatic carbocycles. The number of hydrogen-bond acceptors (Lipinski definition) is 2. The third kappa shape index (κ3) is 2.96. The van der Waals surface area contributed by atoms with Crippen LogP contribution in [0.5, 0.6) is 0 Å². The van der Waals surface area contributed by atoms with Gasteiger partial charge in [0.2, 0.25) is 0 Å². The Bertz CT molecular complexity index is 611. The van der Waals surface area contributed by atoms with E-state index in [2.05, 4.69) is 73.2 Å². The highest BCUT2D eigenvalue weighted by Crippen LogP contribution is 2.31. The summed E-state index contributed by atoms with van der Waals surface area (Å²) in [7, 11) is 2.20. The molecule has 1 aliphatic heterocycles. The lowest BCUT2D eigenvalue weighted by molar-refractivity contribution is 0.313. The van der Waals surface area contributed by atoms with E-state index in [9.17, 15) is 0 Å². The van der Waals surface area contributed by atoms with Gasteiger partial charge in [-0.25, -0.2) is 0 Å². The van der Waals surface area contributed by atoms with Crippen LogP contribution in [0.25, 0.3) is 11.1 Å². The van der Waals surface area contributed by atoms with Gasteiger partial charge in [-0.05, 0) is 55.3 Å². The minimum atomic E-state index is 1.12. The van der Waals surface area contributed by atoms with Crippen molar-refractivity contribution in [2.75, 3.05) is 38.1 Å². The van der Waals surface area contributed by atoms with E-state index in [1.165, 1.54) is 27.9 Å². The van der Waals surface area contributed by atoms with Crippen molar-refractivity contribution in [3.8, 4) is 11.1 Å². The standard InChI is InChI=1S/C19H24N2/c1-15-13-18(21-11-9-20(3)10-12-21)14-19(16(15)2)17-7-5-4-6-8-17/h4-8,13-14H,9-12H2,1-3H3. The molecule has 0 saturated carbocycles. The van der Waals surface area contributed by atoms with Crippen LogP contribution in [-0.2, 0) is 0 Å². The smallest absolute Gasteiger partial charge is 0.0376 e. The fourth-order valence-electron chi connectivity index (χ4n) is 3.01. The van der Waals surface area contributed by atoms with Crippen LogP contribution >= 0.6 is 0 Å². The Balaban J connectivity index is 1.98. The van der Waals surface area contributed by atoms with Crippen molar-refractivity contribution < 1.29 is 0 Å². The maximum Gasteiger partial charge on any atom is 0.0376 e. The summed E-state index contributed by atoms with van der Waals surface area (Å²) in [6, 6.07) is 15.4. The average molecular weight is 280 g/mol. The van der Waals surface area contributed by atoms with E-state index >= 15 is 0 Å². The Kier molecular flexibility index (Phi) is 3.98. The van der Waals surface area contributed by atoms with E-state index in [4.69, 9.17) is 0 Å². The lowest BCUT2D eigenvalue weighted by Crippen LogP contribution is -2.44. The molecule has 0 atom stereocenters. The molecule has 21 heavy (non-hydrogen) atoms. The molecule has 1 saturated heterocycles. The fourth-order valence-corrected chi connectivity index (χ4v) is 3.01. The van der Waals surface area contributed by atoms with Gasteiger partial charge < -0.3 is 9.80 Å². The van der Waals surface area contributed by atoms with E-state index in [-0.39, 0.29) is 0 Å². The topological polar surface area (TPSA) is 6.48 Å². The Hall–Kier alpha value is -1.80. The minimum absolute atomic E-state index is 1.12. The van der Waals surface area contributed by atoms with Crippen molar-refractivity contribution in [1.29, 1.82) is 0 Å². The summed E-state index contributed by atoms with van der Waals surface area (Å²) in [5.41, 5.74) is 6.81. The van der Waals surface area contributed by atoms with Gasteiger partial charge in [-0.15, -0.1) is 0 Å². The number of nitrogens with zero attached hydrogens (tertiary/aromatic N) is 2. The van der Waals surface area contributed by atoms with Gasteiger partial charge in [0.1, 0.15) is 0 Å².